The van der Waals surface area contributed by atoms with Crippen LogP contribution in [0.15, 0.2) is 24.3 Å². The quantitative estimate of drug-likeness (QED) is 0.527. The van der Waals surface area contributed by atoms with E-state index >= 15 is 0 Å². The number of nitrogens with one attached hydrogen (secondary N) is 2. The molecular weight excluding hydrogens is 421 g/mol. The second kappa shape index (κ2) is 9.61. The first-order chi connectivity index (χ1) is 11.2. The Bertz CT molecular complexity index is 587. The van der Waals surface area contributed by atoms with E-state index in [9.17, 15) is 14.4 Å². The van der Waals surface area contributed by atoms with E-state index in [1.165, 1.54) is 6.92 Å². The summed E-state index contributed by atoms with van der Waals surface area (Å²) in [7, 11) is 0. The molecule has 0 fully saturated rings. The normalized spacial score (nSPS) is 13.2. The SMILES string of the molecule is CC(=O)N[C@@H](CC(C)C)C(=O)N[C@@H](Cc1ccc(I)cc1)C(N)=O. The lowest BCUT2D eigenvalue weighted by Crippen LogP contribution is -2.53. The molecule has 3 amide bonds. The van der Waals surface area contributed by atoms with Crippen LogP contribution in [-0.4, -0.2) is 29.8 Å². The Morgan fingerprint density at radius 1 is 1.08 bits per heavy atom. The van der Waals surface area contributed by atoms with E-state index in [1.807, 2.05) is 38.1 Å². The monoisotopic (exact) mass is 445 g/mol. The molecule has 0 bridgehead atoms. The van der Waals surface area contributed by atoms with Crippen LogP contribution >= 0.6 is 22.6 Å². The summed E-state index contributed by atoms with van der Waals surface area (Å²) >= 11 is 2.19. The minimum absolute atomic E-state index is 0.218. The molecule has 0 saturated heterocycles. The number of hydrogen-bond acceptors (Lipinski definition) is 3. The van der Waals surface area contributed by atoms with Gasteiger partial charge in [0.25, 0.3) is 0 Å². The fraction of sp³-hybridized carbons (Fsp3) is 0.471. The van der Waals surface area contributed by atoms with Crippen LogP contribution in [-0.2, 0) is 20.8 Å². The molecule has 0 heterocycles. The highest BCUT2D eigenvalue weighted by atomic mass is 127. The van der Waals surface area contributed by atoms with Crippen LogP contribution in [0.1, 0.15) is 32.8 Å². The van der Waals surface area contributed by atoms with Crippen LogP contribution in [0, 0.1) is 9.49 Å². The maximum atomic E-state index is 12.4. The lowest BCUT2D eigenvalue weighted by molar-refractivity contribution is -0.131. The fourth-order valence-corrected chi connectivity index (χ4v) is 2.66. The van der Waals surface area contributed by atoms with Crippen LogP contribution in [0.3, 0.4) is 0 Å². The molecule has 1 rings (SSSR count). The Kier molecular flexibility index (Phi) is 8.17. The van der Waals surface area contributed by atoms with Crippen LogP contribution in [0.2, 0.25) is 0 Å². The van der Waals surface area contributed by atoms with Gasteiger partial charge in [-0.1, -0.05) is 26.0 Å². The Morgan fingerprint density at radius 3 is 2.12 bits per heavy atom. The highest BCUT2D eigenvalue weighted by Crippen LogP contribution is 2.10. The second-order valence-electron chi connectivity index (χ2n) is 6.18. The standard InChI is InChI=1S/C17H24IN3O3/c1-10(2)8-15(20-11(3)22)17(24)21-14(16(19)23)9-12-4-6-13(18)7-5-12/h4-7,10,14-15H,8-9H2,1-3H3,(H2,19,23)(H,20,22)(H,21,24)/t14-,15-/m0/s1. The van der Waals surface area contributed by atoms with Gasteiger partial charge in [-0.2, -0.15) is 0 Å². The first-order valence-electron chi connectivity index (χ1n) is 7.80. The number of halogens is 1. The molecule has 132 valence electrons. The van der Waals surface area contributed by atoms with Crippen molar-refractivity contribution >= 4 is 40.3 Å². The zero-order valence-corrected chi connectivity index (χ0v) is 16.3. The Labute approximate surface area is 156 Å². The van der Waals surface area contributed by atoms with Crippen molar-refractivity contribution in [2.24, 2.45) is 11.7 Å². The van der Waals surface area contributed by atoms with E-state index in [1.54, 1.807) is 0 Å². The Balaban J connectivity index is 2.80. The van der Waals surface area contributed by atoms with Gasteiger partial charge < -0.3 is 16.4 Å². The van der Waals surface area contributed by atoms with Crippen molar-refractivity contribution in [2.75, 3.05) is 0 Å². The average molecular weight is 445 g/mol. The van der Waals surface area contributed by atoms with E-state index in [0.29, 0.717) is 12.8 Å². The minimum atomic E-state index is -0.819. The number of carbonyl (C=O) groups is 3. The van der Waals surface area contributed by atoms with Crippen LogP contribution in [0.4, 0.5) is 0 Å². The van der Waals surface area contributed by atoms with Crippen LogP contribution in [0.25, 0.3) is 0 Å². The molecule has 0 aromatic heterocycles. The predicted octanol–water partition coefficient (Wildman–Crippen LogP) is 1.35. The topological polar surface area (TPSA) is 101 Å². The molecular formula is C17H24IN3O3. The Morgan fingerprint density at radius 2 is 1.67 bits per heavy atom. The predicted molar refractivity (Wildman–Crippen MR) is 101 cm³/mol. The van der Waals surface area contributed by atoms with Crippen molar-refractivity contribution in [1.29, 1.82) is 0 Å². The summed E-state index contributed by atoms with van der Waals surface area (Å²) in [6, 6.07) is 6.14. The third-order valence-corrected chi connectivity index (χ3v) is 4.13. The molecule has 1 aromatic rings. The third-order valence-electron chi connectivity index (χ3n) is 3.41. The van der Waals surface area contributed by atoms with Crippen molar-refractivity contribution < 1.29 is 14.4 Å². The highest BCUT2D eigenvalue weighted by Gasteiger charge is 2.25. The summed E-state index contributed by atoms with van der Waals surface area (Å²) in [4.78, 5) is 35.4. The van der Waals surface area contributed by atoms with Crippen molar-refractivity contribution in [3.8, 4) is 0 Å². The summed E-state index contributed by atoms with van der Waals surface area (Å²) in [5.74, 6) is -1.07. The number of primary amides is 1. The lowest BCUT2D eigenvalue weighted by atomic mass is 10.0. The third kappa shape index (κ3) is 7.29. The van der Waals surface area contributed by atoms with Gasteiger partial charge in [-0.05, 0) is 52.6 Å². The molecule has 4 N–H and O–H groups in total. The fourth-order valence-electron chi connectivity index (χ4n) is 2.30. The molecule has 0 aliphatic rings. The van der Waals surface area contributed by atoms with Crippen molar-refractivity contribution in [1.82, 2.24) is 10.6 Å². The number of hydrogen-bond donors (Lipinski definition) is 3. The van der Waals surface area contributed by atoms with Gasteiger partial charge >= 0.3 is 0 Å². The van der Waals surface area contributed by atoms with Gasteiger partial charge in [0.05, 0.1) is 0 Å². The number of rotatable bonds is 8. The molecule has 7 heteroatoms. The van der Waals surface area contributed by atoms with Crippen molar-refractivity contribution in [2.45, 2.75) is 45.7 Å². The zero-order valence-electron chi connectivity index (χ0n) is 14.1. The van der Waals surface area contributed by atoms with E-state index in [2.05, 4.69) is 33.2 Å². The van der Waals surface area contributed by atoms with E-state index in [0.717, 1.165) is 9.13 Å². The van der Waals surface area contributed by atoms with Crippen molar-refractivity contribution in [3.05, 3.63) is 33.4 Å². The van der Waals surface area contributed by atoms with Gasteiger partial charge in [-0.15, -0.1) is 0 Å². The molecule has 0 saturated carbocycles. The van der Waals surface area contributed by atoms with E-state index in [4.69, 9.17) is 5.73 Å². The van der Waals surface area contributed by atoms with Gasteiger partial charge in [0, 0.05) is 16.9 Å². The number of amides is 3. The molecule has 0 aliphatic heterocycles. The molecule has 0 unspecified atom stereocenters. The summed E-state index contributed by atoms with van der Waals surface area (Å²) in [6.45, 7) is 5.27. The smallest absolute Gasteiger partial charge is 0.243 e. The molecule has 0 radical (unpaired) electrons. The Hall–Kier alpha value is -1.64. The zero-order chi connectivity index (χ0) is 18.3. The molecule has 24 heavy (non-hydrogen) atoms. The van der Waals surface area contributed by atoms with Gasteiger partial charge in [0.1, 0.15) is 12.1 Å². The maximum Gasteiger partial charge on any atom is 0.243 e. The van der Waals surface area contributed by atoms with Crippen LogP contribution < -0.4 is 16.4 Å². The first kappa shape index (κ1) is 20.4. The van der Waals surface area contributed by atoms with E-state index < -0.39 is 23.9 Å². The largest absolute Gasteiger partial charge is 0.368 e. The summed E-state index contributed by atoms with van der Waals surface area (Å²) in [5.41, 5.74) is 6.33. The number of nitrogens with two attached hydrogens (primary N) is 1. The maximum absolute atomic E-state index is 12.4. The summed E-state index contributed by atoms with van der Waals surface area (Å²) in [6.07, 6.45) is 0.799. The summed E-state index contributed by atoms with van der Waals surface area (Å²) in [5, 5.41) is 5.28. The molecule has 0 aliphatic carbocycles. The van der Waals surface area contributed by atoms with Gasteiger partial charge in [0.15, 0.2) is 0 Å². The summed E-state index contributed by atoms with van der Waals surface area (Å²) < 4.78 is 1.08. The first-order valence-corrected chi connectivity index (χ1v) is 8.88. The number of benzene rings is 1. The molecule has 2 atom stereocenters. The van der Waals surface area contributed by atoms with Gasteiger partial charge in [0.2, 0.25) is 17.7 Å². The van der Waals surface area contributed by atoms with Crippen molar-refractivity contribution in [3.63, 3.8) is 0 Å². The molecule has 6 nitrogen and oxygen atoms in total. The highest BCUT2D eigenvalue weighted by molar-refractivity contribution is 14.1. The average Bonchev–Trinajstić information content (AvgIpc) is 2.46. The molecule has 0 spiro atoms. The molecule has 1 aromatic carbocycles. The lowest BCUT2D eigenvalue weighted by Gasteiger charge is -2.22. The second-order valence-corrected chi connectivity index (χ2v) is 7.42. The van der Waals surface area contributed by atoms with Crippen LogP contribution in [0.5, 0.6) is 0 Å². The minimum Gasteiger partial charge on any atom is -0.368 e. The van der Waals surface area contributed by atoms with E-state index in [-0.39, 0.29) is 11.8 Å². The number of carbonyl (C=O) groups excluding carboxylic acids is 3. The van der Waals surface area contributed by atoms with Gasteiger partial charge in [-0.25, -0.2) is 0 Å². The van der Waals surface area contributed by atoms with Gasteiger partial charge in [-0.3, -0.25) is 14.4 Å².